The summed E-state index contributed by atoms with van der Waals surface area (Å²) in [6.07, 6.45) is 2.25. The number of rotatable bonds is 5. The van der Waals surface area contributed by atoms with Gasteiger partial charge in [-0.2, -0.15) is 0 Å². The third-order valence-corrected chi connectivity index (χ3v) is 5.52. The molecule has 7 nitrogen and oxygen atoms in total. The number of benzene rings is 2. The first-order valence-corrected chi connectivity index (χ1v) is 10.1. The molecule has 0 saturated carbocycles. The number of carboxylic acid groups (broad SMARTS) is 1. The molecule has 1 aromatic heterocycles. The smallest absolute Gasteiger partial charge is 0.407 e. The van der Waals surface area contributed by atoms with Gasteiger partial charge >= 0.3 is 6.09 Å². The minimum Gasteiger partial charge on any atom is -0.465 e. The molecule has 0 aliphatic carbocycles. The number of carbonyl (C=O) groups excluding carboxylic acids is 1. The van der Waals surface area contributed by atoms with Crippen LogP contribution < -0.4 is 5.32 Å². The molecule has 3 N–H and O–H groups in total. The summed E-state index contributed by atoms with van der Waals surface area (Å²) in [6, 6.07) is 13.3. The van der Waals surface area contributed by atoms with Gasteiger partial charge in [0.15, 0.2) is 0 Å². The van der Waals surface area contributed by atoms with Crippen LogP contribution in [0.4, 0.5) is 10.5 Å². The predicted molar refractivity (Wildman–Crippen MR) is 118 cm³/mol. The van der Waals surface area contributed by atoms with Crippen molar-refractivity contribution >= 4 is 28.6 Å². The van der Waals surface area contributed by atoms with Crippen LogP contribution in [-0.2, 0) is 11.3 Å². The van der Waals surface area contributed by atoms with Crippen molar-refractivity contribution < 1.29 is 14.7 Å². The number of H-pyrrole nitrogens is 1. The van der Waals surface area contributed by atoms with Crippen molar-refractivity contribution in [3.8, 4) is 11.1 Å². The molecule has 2 heterocycles. The molecule has 2 amide bonds. The van der Waals surface area contributed by atoms with Crippen molar-refractivity contribution in [2.24, 2.45) is 0 Å². The molecule has 0 radical (unpaired) electrons. The number of hydrogen-bond donors (Lipinski definition) is 3. The van der Waals surface area contributed by atoms with Gasteiger partial charge in [0.25, 0.3) is 0 Å². The Labute approximate surface area is 175 Å². The fraction of sp³-hybridized carbons (Fsp3) is 0.304. The zero-order chi connectivity index (χ0) is 21.3. The number of amides is 2. The second-order valence-electron chi connectivity index (χ2n) is 8.02. The molecule has 2 aromatic carbocycles. The molecule has 1 fully saturated rings. The highest BCUT2D eigenvalue weighted by Gasteiger charge is 2.34. The lowest BCUT2D eigenvalue weighted by Gasteiger charge is -2.20. The van der Waals surface area contributed by atoms with Crippen molar-refractivity contribution in [1.29, 1.82) is 0 Å². The van der Waals surface area contributed by atoms with Crippen LogP contribution in [-0.4, -0.2) is 58.6 Å². The van der Waals surface area contributed by atoms with Crippen molar-refractivity contribution in [3.05, 3.63) is 54.2 Å². The first kappa shape index (κ1) is 20.0. The van der Waals surface area contributed by atoms with Crippen LogP contribution >= 0.6 is 0 Å². The Bertz CT molecular complexity index is 1090. The zero-order valence-electron chi connectivity index (χ0n) is 17.2. The summed E-state index contributed by atoms with van der Waals surface area (Å²) in [5, 5.41) is 13.3. The lowest BCUT2D eigenvalue weighted by atomic mass is 10.0. The average Bonchev–Trinajstić information content (AvgIpc) is 3.35. The van der Waals surface area contributed by atoms with E-state index in [9.17, 15) is 14.7 Å². The van der Waals surface area contributed by atoms with E-state index in [4.69, 9.17) is 0 Å². The minimum absolute atomic E-state index is 0.276. The second kappa shape index (κ2) is 8.20. The van der Waals surface area contributed by atoms with Crippen LogP contribution in [0.5, 0.6) is 0 Å². The highest BCUT2D eigenvalue weighted by atomic mass is 16.4. The summed E-state index contributed by atoms with van der Waals surface area (Å²) < 4.78 is 0. The maximum Gasteiger partial charge on any atom is 0.407 e. The van der Waals surface area contributed by atoms with Crippen LogP contribution in [0.15, 0.2) is 48.7 Å². The number of nitrogens with zero attached hydrogens (tertiary/aromatic N) is 2. The Hall–Kier alpha value is -3.32. The Morgan fingerprint density at radius 2 is 2.00 bits per heavy atom. The van der Waals surface area contributed by atoms with Crippen LogP contribution in [0.2, 0.25) is 0 Å². The van der Waals surface area contributed by atoms with Crippen molar-refractivity contribution in [2.45, 2.75) is 25.4 Å². The van der Waals surface area contributed by atoms with E-state index in [1.807, 2.05) is 44.6 Å². The fourth-order valence-corrected chi connectivity index (χ4v) is 4.10. The molecule has 1 unspecified atom stereocenters. The van der Waals surface area contributed by atoms with E-state index in [1.54, 1.807) is 0 Å². The Balaban J connectivity index is 1.57. The maximum absolute atomic E-state index is 12.6. The summed E-state index contributed by atoms with van der Waals surface area (Å²) in [5.41, 5.74) is 5.04. The van der Waals surface area contributed by atoms with Crippen molar-refractivity contribution in [2.75, 3.05) is 26.0 Å². The molecule has 0 spiro atoms. The van der Waals surface area contributed by atoms with Gasteiger partial charge in [0.05, 0.1) is 0 Å². The molecular formula is C23H26N4O3. The van der Waals surface area contributed by atoms with Crippen LogP contribution in [0.25, 0.3) is 22.0 Å². The predicted octanol–water partition coefficient (Wildman–Crippen LogP) is 3.98. The Morgan fingerprint density at radius 1 is 1.20 bits per heavy atom. The van der Waals surface area contributed by atoms with Gasteiger partial charge in [0.2, 0.25) is 5.91 Å². The number of nitrogens with one attached hydrogen (secondary N) is 2. The molecule has 1 aliphatic heterocycles. The van der Waals surface area contributed by atoms with E-state index in [2.05, 4.69) is 33.4 Å². The second-order valence-corrected chi connectivity index (χ2v) is 8.02. The third-order valence-electron chi connectivity index (χ3n) is 5.52. The Kier molecular flexibility index (Phi) is 5.46. The standard InChI is InChI=1S/C23H26N4O3/c1-26(2)14-17-13-24-20-9-8-16(12-19(17)20)15-5-3-6-18(11-15)25-22(28)21-7-4-10-27(21)23(29)30/h3,5-6,8-9,11-13,21,24H,4,7,10,14H2,1-2H3,(H,25,28)(H,29,30). The number of likely N-dealkylation sites (tertiary alicyclic amines) is 1. The molecule has 3 aromatic rings. The zero-order valence-corrected chi connectivity index (χ0v) is 17.2. The molecule has 1 saturated heterocycles. The summed E-state index contributed by atoms with van der Waals surface area (Å²) in [7, 11) is 4.09. The lowest BCUT2D eigenvalue weighted by molar-refractivity contribution is -0.119. The summed E-state index contributed by atoms with van der Waals surface area (Å²) in [4.78, 5) is 30.6. The lowest BCUT2D eigenvalue weighted by Crippen LogP contribution is -2.42. The number of aromatic nitrogens is 1. The van der Waals surface area contributed by atoms with E-state index in [0.717, 1.165) is 23.2 Å². The monoisotopic (exact) mass is 406 g/mol. The van der Waals surface area contributed by atoms with E-state index >= 15 is 0 Å². The highest BCUT2D eigenvalue weighted by Crippen LogP contribution is 2.29. The van der Waals surface area contributed by atoms with E-state index in [-0.39, 0.29) is 5.91 Å². The molecule has 4 rings (SSSR count). The molecule has 30 heavy (non-hydrogen) atoms. The first-order valence-electron chi connectivity index (χ1n) is 10.1. The van der Waals surface area contributed by atoms with Gasteiger partial charge in [-0.1, -0.05) is 18.2 Å². The largest absolute Gasteiger partial charge is 0.465 e. The van der Waals surface area contributed by atoms with Crippen LogP contribution in [0, 0.1) is 0 Å². The van der Waals surface area contributed by atoms with Gasteiger partial charge in [-0.05, 0) is 67.9 Å². The van der Waals surface area contributed by atoms with Crippen LogP contribution in [0.3, 0.4) is 0 Å². The Morgan fingerprint density at radius 3 is 2.77 bits per heavy atom. The topological polar surface area (TPSA) is 88.7 Å². The summed E-state index contributed by atoms with van der Waals surface area (Å²) in [6.45, 7) is 1.25. The number of hydrogen-bond acceptors (Lipinski definition) is 3. The van der Waals surface area contributed by atoms with E-state index in [1.165, 1.54) is 15.8 Å². The molecule has 7 heteroatoms. The quantitative estimate of drug-likeness (QED) is 0.598. The maximum atomic E-state index is 12.6. The number of anilines is 1. The van der Waals surface area contributed by atoms with E-state index < -0.39 is 12.1 Å². The van der Waals surface area contributed by atoms with Gasteiger partial charge in [-0.3, -0.25) is 9.69 Å². The van der Waals surface area contributed by atoms with Crippen molar-refractivity contribution in [3.63, 3.8) is 0 Å². The average molecular weight is 406 g/mol. The molecule has 0 bridgehead atoms. The van der Waals surface area contributed by atoms with Crippen molar-refractivity contribution in [1.82, 2.24) is 14.8 Å². The van der Waals surface area contributed by atoms with Gasteiger partial charge in [-0.15, -0.1) is 0 Å². The molecule has 156 valence electrons. The summed E-state index contributed by atoms with van der Waals surface area (Å²) >= 11 is 0. The fourth-order valence-electron chi connectivity index (χ4n) is 4.10. The van der Waals surface area contributed by atoms with Gasteiger partial charge in [-0.25, -0.2) is 4.79 Å². The van der Waals surface area contributed by atoms with Gasteiger partial charge < -0.3 is 20.3 Å². The normalized spacial score (nSPS) is 16.4. The number of aromatic amines is 1. The van der Waals surface area contributed by atoms with Crippen LogP contribution in [0.1, 0.15) is 18.4 Å². The molecule has 1 aliphatic rings. The SMILES string of the molecule is CN(C)Cc1c[nH]c2ccc(-c3cccc(NC(=O)C4CCCN4C(=O)O)c3)cc12. The highest BCUT2D eigenvalue weighted by molar-refractivity contribution is 5.97. The van der Waals surface area contributed by atoms with Gasteiger partial charge in [0.1, 0.15) is 6.04 Å². The van der Waals surface area contributed by atoms with E-state index in [0.29, 0.717) is 25.1 Å². The number of carbonyl (C=O) groups is 2. The number of fused-ring (bicyclic) bond motifs is 1. The molecular weight excluding hydrogens is 380 g/mol. The molecule has 1 atom stereocenters. The third kappa shape index (κ3) is 4.02. The summed E-state index contributed by atoms with van der Waals surface area (Å²) in [5.74, 6) is -0.276. The minimum atomic E-state index is -1.05. The first-order chi connectivity index (χ1) is 14.4. The van der Waals surface area contributed by atoms with Gasteiger partial charge in [0, 0.05) is 35.9 Å².